The van der Waals surface area contributed by atoms with Gasteiger partial charge in [0.15, 0.2) is 0 Å². The van der Waals surface area contributed by atoms with Crippen LogP contribution >= 0.6 is 0 Å². The molecule has 66 heavy (non-hydrogen) atoms. The normalized spacial score (nSPS) is 13.1. The van der Waals surface area contributed by atoms with Crippen LogP contribution < -0.4 is 9.64 Å². The molecule has 0 amide bonds. The van der Waals surface area contributed by atoms with Gasteiger partial charge >= 0.3 is 0 Å². The molecule has 0 fully saturated rings. The molecule has 0 N–H and O–H groups in total. The summed E-state index contributed by atoms with van der Waals surface area (Å²) in [5.74, 6) is 1.69. The van der Waals surface area contributed by atoms with E-state index in [1.807, 2.05) is 6.07 Å². The van der Waals surface area contributed by atoms with E-state index in [1.165, 1.54) is 49.4 Å². The highest BCUT2D eigenvalue weighted by Crippen LogP contribution is 2.64. The number of rotatable bonds is 5. The zero-order valence-electron chi connectivity index (χ0n) is 35.8. The summed E-state index contributed by atoms with van der Waals surface area (Å²) < 4.78 is 14.1. The van der Waals surface area contributed by atoms with E-state index in [9.17, 15) is 0 Å². The second kappa shape index (κ2) is 14.2. The van der Waals surface area contributed by atoms with Gasteiger partial charge < -0.3 is 14.1 Å². The minimum atomic E-state index is -0.638. The third-order valence-corrected chi connectivity index (χ3v) is 14.1. The number of anilines is 3. The first kappa shape index (κ1) is 36.8. The van der Waals surface area contributed by atoms with Crippen LogP contribution in [0.15, 0.2) is 241 Å². The minimum absolute atomic E-state index is 0.638. The lowest BCUT2D eigenvalue weighted by Crippen LogP contribution is -2.32. The number of furan rings is 1. The molecule has 1 aliphatic carbocycles. The number of hydrogen-bond acceptors (Lipinski definition) is 3. The van der Waals surface area contributed by atoms with E-state index in [4.69, 9.17) is 9.15 Å². The summed E-state index contributed by atoms with van der Waals surface area (Å²) in [6.07, 6.45) is 0. The van der Waals surface area contributed by atoms with Crippen LogP contribution in [0, 0.1) is 0 Å². The molecule has 14 rings (SSSR count). The lowest BCUT2D eigenvalue weighted by molar-refractivity contribution is 0.438. The second-order valence-electron chi connectivity index (χ2n) is 17.5. The van der Waals surface area contributed by atoms with Crippen molar-refractivity contribution in [1.82, 2.24) is 0 Å². The smallest absolute Gasteiger partial charge is 0.142 e. The molecule has 11 aromatic carbocycles. The van der Waals surface area contributed by atoms with Crippen molar-refractivity contribution < 1.29 is 9.15 Å². The SMILES string of the molecule is c1ccc(-c2ccc(N(c3ccc4c(c3-c3ccc5c(ccc6ccccc65)c3)Oc3ccccc3C43c4ccccc4-c4ccccc43)c3cccc4oc5ccccc5c34)cc2)cc1. The van der Waals surface area contributed by atoms with Crippen molar-refractivity contribution in [2.24, 2.45) is 0 Å². The Morgan fingerprint density at radius 2 is 0.985 bits per heavy atom. The maximum absolute atomic E-state index is 7.50. The van der Waals surface area contributed by atoms with Crippen LogP contribution in [-0.2, 0) is 5.41 Å². The molecule has 2 heterocycles. The van der Waals surface area contributed by atoms with E-state index in [-0.39, 0.29) is 0 Å². The first-order chi connectivity index (χ1) is 32.7. The Bertz CT molecular complexity index is 3870. The molecular formula is C63H39NO2. The molecule has 0 saturated heterocycles. The van der Waals surface area contributed by atoms with E-state index in [0.717, 1.165) is 78.3 Å². The summed E-state index contributed by atoms with van der Waals surface area (Å²) in [5, 5.41) is 6.96. The zero-order valence-corrected chi connectivity index (χ0v) is 35.8. The van der Waals surface area contributed by atoms with Gasteiger partial charge in [-0.05, 0) is 109 Å². The van der Waals surface area contributed by atoms with Crippen molar-refractivity contribution in [2.45, 2.75) is 5.41 Å². The first-order valence-electron chi connectivity index (χ1n) is 22.7. The van der Waals surface area contributed by atoms with Crippen LogP contribution in [0.4, 0.5) is 17.1 Å². The monoisotopic (exact) mass is 841 g/mol. The first-order valence-corrected chi connectivity index (χ1v) is 22.7. The summed E-state index contributed by atoms with van der Waals surface area (Å²) in [6, 6.07) is 85.7. The van der Waals surface area contributed by atoms with Gasteiger partial charge in [0.25, 0.3) is 0 Å². The zero-order chi connectivity index (χ0) is 43.3. The fourth-order valence-corrected chi connectivity index (χ4v) is 11.3. The van der Waals surface area contributed by atoms with Crippen LogP contribution in [0.2, 0.25) is 0 Å². The topological polar surface area (TPSA) is 25.6 Å². The third-order valence-electron chi connectivity index (χ3n) is 14.1. The maximum Gasteiger partial charge on any atom is 0.142 e. The summed E-state index contributed by atoms with van der Waals surface area (Å²) in [5.41, 5.74) is 15.7. The van der Waals surface area contributed by atoms with Crippen molar-refractivity contribution in [3.8, 4) is 44.9 Å². The molecule has 1 aliphatic heterocycles. The highest BCUT2D eigenvalue weighted by molar-refractivity contribution is 6.15. The van der Waals surface area contributed by atoms with Crippen LogP contribution in [-0.4, -0.2) is 0 Å². The predicted molar refractivity (Wildman–Crippen MR) is 272 cm³/mol. The van der Waals surface area contributed by atoms with Gasteiger partial charge in [-0.3, -0.25) is 0 Å². The molecule has 0 radical (unpaired) electrons. The van der Waals surface area contributed by atoms with Crippen molar-refractivity contribution in [3.63, 3.8) is 0 Å². The quantitative estimate of drug-likeness (QED) is 0.161. The molecule has 308 valence electrons. The van der Waals surface area contributed by atoms with E-state index >= 15 is 0 Å². The van der Waals surface area contributed by atoms with Crippen LogP contribution in [0.1, 0.15) is 22.3 Å². The average Bonchev–Trinajstić information content (AvgIpc) is 3.91. The van der Waals surface area contributed by atoms with E-state index < -0.39 is 5.41 Å². The maximum atomic E-state index is 7.50. The van der Waals surface area contributed by atoms with Crippen LogP contribution in [0.5, 0.6) is 11.5 Å². The van der Waals surface area contributed by atoms with Gasteiger partial charge in [0, 0.05) is 27.8 Å². The lowest BCUT2D eigenvalue weighted by Gasteiger charge is -2.41. The number of hydrogen-bond donors (Lipinski definition) is 0. The average molecular weight is 842 g/mol. The molecule has 2 aliphatic rings. The highest BCUT2D eigenvalue weighted by Gasteiger charge is 2.52. The summed E-state index contributed by atoms with van der Waals surface area (Å²) in [7, 11) is 0. The molecule has 3 heteroatoms. The number of nitrogens with zero attached hydrogens (tertiary/aromatic N) is 1. The van der Waals surface area contributed by atoms with Crippen LogP contribution in [0.3, 0.4) is 0 Å². The summed E-state index contributed by atoms with van der Waals surface area (Å²) in [6.45, 7) is 0. The van der Waals surface area contributed by atoms with Gasteiger partial charge in [0.05, 0.1) is 22.2 Å². The molecule has 1 spiro atoms. The second-order valence-corrected chi connectivity index (χ2v) is 17.5. The van der Waals surface area contributed by atoms with Gasteiger partial charge in [-0.25, -0.2) is 0 Å². The Balaban J connectivity index is 1.12. The standard InChI is InChI=1S/C63H39NO2/c1-2-15-40(16-3-1)41-31-34-45(35-32-41)64(55-25-14-28-59-61(55)50-21-8-12-26-57(50)65-59)56-38-37-54-62(60(56)44-33-36-47-43(39-44)30-29-42-17-4-5-18-46(42)47)66-58-27-13-11-24-53(58)63(54)51-22-9-6-19-48(51)49-20-7-10-23-52(49)63/h1-39H. The summed E-state index contributed by atoms with van der Waals surface area (Å²) >= 11 is 0. The Morgan fingerprint density at radius 1 is 0.364 bits per heavy atom. The molecular weight excluding hydrogens is 803 g/mol. The van der Waals surface area contributed by atoms with E-state index in [0.29, 0.717) is 0 Å². The Labute approximate surface area is 382 Å². The lowest BCUT2D eigenvalue weighted by atomic mass is 9.65. The van der Waals surface area contributed by atoms with Gasteiger partial charge in [-0.15, -0.1) is 0 Å². The Morgan fingerprint density at radius 3 is 1.80 bits per heavy atom. The number of fused-ring (bicyclic) bond motifs is 15. The highest BCUT2D eigenvalue weighted by atomic mass is 16.5. The van der Waals surface area contributed by atoms with Crippen molar-refractivity contribution >= 4 is 60.5 Å². The predicted octanol–water partition coefficient (Wildman–Crippen LogP) is 17.2. The number of benzene rings is 11. The Kier molecular flexibility index (Phi) is 7.90. The van der Waals surface area contributed by atoms with Gasteiger partial charge in [-0.1, -0.05) is 188 Å². The number of para-hydroxylation sites is 2. The van der Waals surface area contributed by atoms with Crippen molar-refractivity contribution in [1.29, 1.82) is 0 Å². The van der Waals surface area contributed by atoms with Gasteiger partial charge in [0.1, 0.15) is 22.7 Å². The minimum Gasteiger partial charge on any atom is -0.456 e. The largest absolute Gasteiger partial charge is 0.456 e. The molecule has 0 saturated carbocycles. The van der Waals surface area contributed by atoms with E-state index in [2.05, 4.69) is 235 Å². The number of ether oxygens (including phenoxy) is 1. The fourth-order valence-electron chi connectivity index (χ4n) is 11.3. The molecule has 0 bridgehead atoms. The van der Waals surface area contributed by atoms with Crippen molar-refractivity contribution in [3.05, 3.63) is 259 Å². The fraction of sp³-hybridized carbons (Fsp3) is 0.0159. The molecule has 0 atom stereocenters. The molecule has 3 nitrogen and oxygen atoms in total. The molecule has 12 aromatic rings. The molecule has 1 aromatic heterocycles. The van der Waals surface area contributed by atoms with Crippen LogP contribution in [0.25, 0.3) is 76.9 Å². The van der Waals surface area contributed by atoms with Gasteiger partial charge in [-0.2, -0.15) is 0 Å². The summed E-state index contributed by atoms with van der Waals surface area (Å²) in [4.78, 5) is 2.42. The molecule has 0 unspecified atom stereocenters. The Hall–Kier alpha value is -8.66. The third kappa shape index (κ3) is 5.20. The van der Waals surface area contributed by atoms with E-state index in [1.54, 1.807) is 0 Å². The van der Waals surface area contributed by atoms with Gasteiger partial charge in [0.2, 0.25) is 0 Å². The van der Waals surface area contributed by atoms with Crippen molar-refractivity contribution in [2.75, 3.05) is 4.90 Å².